The van der Waals surface area contributed by atoms with Crippen LogP contribution in [0.4, 0.5) is 5.69 Å². The first kappa shape index (κ1) is 19.8. The Morgan fingerprint density at radius 3 is 2.56 bits per heavy atom. The summed E-state index contributed by atoms with van der Waals surface area (Å²) in [7, 11) is -7.60. The summed E-state index contributed by atoms with van der Waals surface area (Å²) in [6, 6.07) is 4.12. The summed E-state index contributed by atoms with van der Waals surface area (Å²) in [5.74, 6) is -0.836. The molecular weight excluding hydrogens is 368 g/mol. The SMILES string of the molecule is Cc1ccc(N2C(=O)CCS2(=O)=O)cc1S(=O)(=O)NCCOC(C)C. The topological polar surface area (TPSA) is 110 Å². The zero-order valence-electron chi connectivity index (χ0n) is 14.4. The van der Waals surface area contributed by atoms with E-state index >= 15 is 0 Å². The fourth-order valence-electron chi connectivity index (χ4n) is 2.42. The predicted molar refractivity (Wildman–Crippen MR) is 93.3 cm³/mol. The Morgan fingerprint density at radius 2 is 2.00 bits per heavy atom. The average molecular weight is 390 g/mol. The minimum atomic E-state index is -3.86. The lowest BCUT2D eigenvalue weighted by molar-refractivity contribution is -0.116. The molecule has 1 aliphatic heterocycles. The second-order valence-corrected chi connectivity index (χ2v) is 9.66. The second kappa shape index (κ2) is 7.40. The number of ether oxygens (including phenoxy) is 1. The molecule has 0 atom stereocenters. The molecule has 0 unspecified atom stereocenters. The molecule has 1 N–H and O–H groups in total. The number of hydrogen-bond donors (Lipinski definition) is 1. The highest BCUT2D eigenvalue weighted by Gasteiger charge is 2.36. The molecule has 0 bridgehead atoms. The number of anilines is 1. The fourth-order valence-corrected chi connectivity index (χ4v) is 5.15. The van der Waals surface area contributed by atoms with Crippen LogP contribution in [0, 0.1) is 6.92 Å². The Balaban J connectivity index is 2.28. The molecule has 1 aliphatic rings. The number of aryl methyl sites for hydroxylation is 1. The van der Waals surface area contributed by atoms with Crippen LogP contribution in [-0.4, -0.2) is 47.8 Å². The fraction of sp³-hybridized carbons (Fsp3) is 0.533. The van der Waals surface area contributed by atoms with E-state index < -0.39 is 26.0 Å². The number of rotatable bonds is 7. The molecule has 140 valence electrons. The lowest BCUT2D eigenvalue weighted by Gasteiger charge is -2.17. The number of nitrogens with zero attached hydrogens (tertiary/aromatic N) is 1. The zero-order valence-corrected chi connectivity index (χ0v) is 16.0. The molecule has 8 nitrogen and oxygen atoms in total. The molecule has 25 heavy (non-hydrogen) atoms. The van der Waals surface area contributed by atoms with Gasteiger partial charge >= 0.3 is 0 Å². The van der Waals surface area contributed by atoms with E-state index in [1.807, 2.05) is 13.8 Å². The van der Waals surface area contributed by atoms with Crippen molar-refractivity contribution in [1.82, 2.24) is 4.72 Å². The monoisotopic (exact) mass is 390 g/mol. The summed E-state index contributed by atoms with van der Waals surface area (Å²) < 4.78 is 57.4. The van der Waals surface area contributed by atoms with E-state index in [-0.39, 0.29) is 42.0 Å². The van der Waals surface area contributed by atoms with Gasteiger partial charge in [-0.05, 0) is 38.5 Å². The Morgan fingerprint density at radius 1 is 1.32 bits per heavy atom. The van der Waals surface area contributed by atoms with Crippen molar-refractivity contribution in [3.05, 3.63) is 23.8 Å². The van der Waals surface area contributed by atoms with E-state index in [0.717, 1.165) is 0 Å². The Kier molecular flexibility index (Phi) is 5.87. The molecule has 1 fully saturated rings. The van der Waals surface area contributed by atoms with Crippen LogP contribution in [0.15, 0.2) is 23.1 Å². The molecular formula is C15H22N2O6S2. The standard InChI is InChI=1S/C15H22N2O6S2/c1-11(2)23-8-7-16-25(21,22)14-10-13(5-4-12(14)3)17-15(18)6-9-24(17,19)20/h4-5,10-11,16H,6-9H2,1-3H3. The highest BCUT2D eigenvalue weighted by atomic mass is 32.2. The van der Waals surface area contributed by atoms with Gasteiger partial charge in [0.2, 0.25) is 26.0 Å². The highest BCUT2D eigenvalue weighted by molar-refractivity contribution is 7.94. The summed E-state index contributed by atoms with van der Waals surface area (Å²) in [5, 5.41) is 0. The number of carbonyl (C=O) groups excluding carboxylic acids is 1. The number of benzene rings is 1. The summed E-state index contributed by atoms with van der Waals surface area (Å²) in [6.45, 7) is 5.59. The normalized spacial score (nSPS) is 17.4. The van der Waals surface area contributed by atoms with Gasteiger partial charge in [0.1, 0.15) is 0 Å². The van der Waals surface area contributed by atoms with Gasteiger partial charge in [0.25, 0.3) is 0 Å². The molecule has 2 rings (SSSR count). The van der Waals surface area contributed by atoms with E-state index in [2.05, 4.69) is 4.72 Å². The van der Waals surface area contributed by atoms with Gasteiger partial charge in [0, 0.05) is 13.0 Å². The first-order valence-electron chi connectivity index (χ1n) is 7.82. The van der Waals surface area contributed by atoms with Gasteiger partial charge in [-0.3, -0.25) is 4.79 Å². The van der Waals surface area contributed by atoms with Crippen molar-refractivity contribution in [3.8, 4) is 0 Å². The predicted octanol–water partition coefficient (Wildman–Crippen LogP) is 0.765. The van der Waals surface area contributed by atoms with Gasteiger partial charge in [-0.2, -0.15) is 0 Å². The summed E-state index contributed by atoms with van der Waals surface area (Å²) in [6.07, 6.45) is -0.121. The second-order valence-electron chi connectivity index (χ2n) is 5.99. The summed E-state index contributed by atoms with van der Waals surface area (Å²) in [5.41, 5.74) is 0.483. The maximum absolute atomic E-state index is 12.5. The number of carbonyl (C=O) groups is 1. The molecule has 10 heteroatoms. The molecule has 0 radical (unpaired) electrons. The smallest absolute Gasteiger partial charge is 0.242 e. The van der Waals surface area contributed by atoms with Crippen LogP contribution in [0.3, 0.4) is 0 Å². The van der Waals surface area contributed by atoms with Crippen LogP contribution >= 0.6 is 0 Å². The van der Waals surface area contributed by atoms with Gasteiger partial charge in [-0.25, -0.2) is 25.9 Å². The van der Waals surface area contributed by atoms with E-state index in [4.69, 9.17) is 4.74 Å². The lowest BCUT2D eigenvalue weighted by atomic mass is 10.2. The van der Waals surface area contributed by atoms with Crippen LogP contribution in [0.2, 0.25) is 0 Å². The third-order valence-corrected chi connectivity index (χ3v) is 6.91. The minimum Gasteiger partial charge on any atom is -0.377 e. The van der Waals surface area contributed by atoms with E-state index in [0.29, 0.717) is 9.87 Å². The quantitative estimate of drug-likeness (QED) is 0.689. The average Bonchev–Trinajstić information content (AvgIpc) is 2.78. The Bertz CT molecular complexity index is 862. The van der Waals surface area contributed by atoms with Crippen LogP contribution in [0.25, 0.3) is 0 Å². The van der Waals surface area contributed by atoms with Crippen LogP contribution in [-0.2, 0) is 29.6 Å². The van der Waals surface area contributed by atoms with Crippen LogP contribution < -0.4 is 9.03 Å². The third-order valence-electron chi connectivity index (χ3n) is 3.62. The minimum absolute atomic E-state index is 0.0130. The summed E-state index contributed by atoms with van der Waals surface area (Å²) >= 11 is 0. The van der Waals surface area contributed by atoms with Gasteiger partial charge in [-0.15, -0.1) is 0 Å². The molecule has 0 spiro atoms. The van der Waals surface area contributed by atoms with Crippen LogP contribution in [0.1, 0.15) is 25.8 Å². The molecule has 0 aromatic heterocycles. The number of hydrogen-bond acceptors (Lipinski definition) is 6. The lowest BCUT2D eigenvalue weighted by Crippen LogP contribution is -2.31. The van der Waals surface area contributed by atoms with Crippen molar-refractivity contribution in [2.75, 3.05) is 23.2 Å². The van der Waals surface area contributed by atoms with Crippen molar-refractivity contribution in [1.29, 1.82) is 0 Å². The molecule has 1 amide bonds. The largest absolute Gasteiger partial charge is 0.377 e. The number of sulfonamides is 2. The number of nitrogens with one attached hydrogen (secondary N) is 1. The molecule has 1 saturated heterocycles. The number of amides is 1. The first-order chi connectivity index (χ1) is 11.5. The van der Waals surface area contributed by atoms with E-state index in [1.54, 1.807) is 6.92 Å². The summed E-state index contributed by atoms with van der Waals surface area (Å²) in [4.78, 5) is 11.8. The zero-order chi connectivity index (χ0) is 18.8. The Hall–Kier alpha value is -1.49. The van der Waals surface area contributed by atoms with Gasteiger partial charge in [0.05, 0.1) is 29.0 Å². The van der Waals surface area contributed by atoms with Gasteiger partial charge in [-0.1, -0.05) is 6.07 Å². The van der Waals surface area contributed by atoms with Crippen molar-refractivity contribution in [2.45, 2.75) is 38.2 Å². The van der Waals surface area contributed by atoms with Gasteiger partial charge in [0.15, 0.2) is 0 Å². The van der Waals surface area contributed by atoms with E-state index in [9.17, 15) is 21.6 Å². The van der Waals surface area contributed by atoms with Crippen molar-refractivity contribution < 1.29 is 26.4 Å². The van der Waals surface area contributed by atoms with Crippen LogP contribution in [0.5, 0.6) is 0 Å². The maximum Gasteiger partial charge on any atom is 0.242 e. The highest BCUT2D eigenvalue weighted by Crippen LogP contribution is 2.28. The molecule has 1 aromatic rings. The van der Waals surface area contributed by atoms with Gasteiger partial charge < -0.3 is 4.74 Å². The molecule has 0 aliphatic carbocycles. The van der Waals surface area contributed by atoms with Crippen molar-refractivity contribution >= 4 is 31.6 Å². The third kappa shape index (κ3) is 4.57. The van der Waals surface area contributed by atoms with Crippen molar-refractivity contribution in [3.63, 3.8) is 0 Å². The molecule has 0 saturated carbocycles. The Labute approximate surface area is 148 Å². The maximum atomic E-state index is 12.5. The molecule has 1 aromatic carbocycles. The van der Waals surface area contributed by atoms with E-state index in [1.165, 1.54) is 18.2 Å². The van der Waals surface area contributed by atoms with Crippen molar-refractivity contribution in [2.24, 2.45) is 0 Å². The molecule has 1 heterocycles. The first-order valence-corrected chi connectivity index (χ1v) is 10.9.